The van der Waals surface area contributed by atoms with Crippen LogP contribution in [0.3, 0.4) is 0 Å². The minimum absolute atomic E-state index is 0.0675. The van der Waals surface area contributed by atoms with Crippen molar-refractivity contribution >= 4 is 5.97 Å². The van der Waals surface area contributed by atoms with Crippen molar-refractivity contribution in [2.24, 2.45) is 5.41 Å². The zero-order valence-corrected chi connectivity index (χ0v) is 18.0. The van der Waals surface area contributed by atoms with Crippen LogP contribution in [0.1, 0.15) is 26.3 Å². The molecule has 0 aliphatic rings. The van der Waals surface area contributed by atoms with Gasteiger partial charge in [0, 0.05) is 11.1 Å². The molecule has 0 atom stereocenters. The standard InChI is InChI=1S/C26H27FO4/c1-26(2,3)25(29)31-17-21-16-20(12-13-24(21)30-15-14-28)18-8-10-19(11-9-18)22-6-4-5-7-23(22)27/h4-13,16,28H,14-15,17H2,1-3H3. The third-order valence-electron chi connectivity index (χ3n) is 4.78. The van der Waals surface area contributed by atoms with Gasteiger partial charge in [0.15, 0.2) is 0 Å². The van der Waals surface area contributed by atoms with Gasteiger partial charge in [0.2, 0.25) is 0 Å². The molecule has 31 heavy (non-hydrogen) atoms. The number of benzene rings is 3. The van der Waals surface area contributed by atoms with Crippen molar-refractivity contribution in [1.82, 2.24) is 0 Å². The van der Waals surface area contributed by atoms with E-state index in [4.69, 9.17) is 14.6 Å². The molecule has 4 nitrogen and oxygen atoms in total. The Morgan fingerprint density at radius 1 is 0.935 bits per heavy atom. The molecule has 1 N–H and O–H groups in total. The Balaban J connectivity index is 1.87. The Labute approximate surface area is 182 Å². The smallest absolute Gasteiger partial charge is 0.311 e. The van der Waals surface area contributed by atoms with Crippen molar-refractivity contribution in [1.29, 1.82) is 0 Å². The summed E-state index contributed by atoms with van der Waals surface area (Å²) in [5.41, 5.74) is 3.31. The molecule has 3 aromatic carbocycles. The average molecular weight is 422 g/mol. The molecule has 0 radical (unpaired) electrons. The highest BCUT2D eigenvalue weighted by Crippen LogP contribution is 2.30. The van der Waals surface area contributed by atoms with Crippen LogP contribution in [-0.2, 0) is 16.1 Å². The third-order valence-corrected chi connectivity index (χ3v) is 4.78. The fraction of sp³-hybridized carbons (Fsp3) is 0.269. The normalized spacial score (nSPS) is 11.3. The molecular weight excluding hydrogens is 395 g/mol. The molecule has 0 aliphatic heterocycles. The molecule has 0 unspecified atom stereocenters. The van der Waals surface area contributed by atoms with E-state index in [1.165, 1.54) is 6.07 Å². The Kier molecular flexibility index (Phi) is 7.08. The molecule has 5 heteroatoms. The van der Waals surface area contributed by atoms with E-state index in [0.29, 0.717) is 16.9 Å². The van der Waals surface area contributed by atoms with Gasteiger partial charge in [-0.3, -0.25) is 4.79 Å². The highest BCUT2D eigenvalue weighted by atomic mass is 19.1. The first kappa shape index (κ1) is 22.5. The summed E-state index contributed by atoms with van der Waals surface area (Å²) in [4.78, 5) is 12.2. The van der Waals surface area contributed by atoms with Crippen LogP contribution in [0.25, 0.3) is 22.3 Å². The summed E-state index contributed by atoms with van der Waals surface area (Å²) in [5.74, 6) is -0.00803. The number of carbonyl (C=O) groups excluding carboxylic acids is 1. The van der Waals surface area contributed by atoms with Crippen LogP contribution in [0.5, 0.6) is 5.75 Å². The van der Waals surface area contributed by atoms with Gasteiger partial charge < -0.3 is 14.6 Å². The number of rotatable bonds is 7. The predicted molar refractivity (Wildman–Crippen MR) is 119 cm³/mol. The van der Waals surface area contributed by atoms with E-state index in [2.05, 4.69) is 0 Å². The van der Waals surface area contributed by atoms with Gasteiger partial charge in [-0.15, -0.1) is 0 Å². The maximum atomic E-state index is 14.1. The monoisotopic (exact) mass is 422 g/mol. The highest BCUT2D eigenvalue weighted by molar-refractivity contribution is 5.75. The summed E-state index contributed by atoms with van der Waals surface area (Å²) in [5, 5.41) is 9.08. The van der Waals surface area contributed by atoms with E-state index in [9.17, 15) is 9.18 Å². The van der Waals surface area contributed by atoms with Crippen molar-refractivity contribution in [2.75, 3.05) is 13.2 Å². The topological polar surface area (TPSA) is 55.8 Å². The quantitative estimate of drug-likeness (QED) is 0.502. The molecular formula is C26H27FO4. The Morgan fingerprint density at radius 2 is 1.58 bits per heavy atom. The summed E-state index contributed by atoms with van der Waals surface area (Å²) >= 11 is 0. The summed E-state index contributed by atoms with van der Waals surface area (Å²) in [7, 11) is 0. The second-order valence-electron chi connectivity index (χ2n) is 8.28. The van der Waals surface area contributed by atoms with E-state index >= 15 is 0 Å². The van der Waals surface area contributed by atoms with Gasteiger partial charge in [-0.05, 0) is 55.7 Å². The number of aliphatic hydroxyl groups is 1. The van der Waals surface area contributed by atoms with Crippen LogP contribution in [0.15, 0.2) is 66.7 Å². The number of halogens is 1. The second-order valence-corrected chi connectivity index (χ2v) is 8.28. The van der Waals surface area contributed by atoms with Gasteiger partial charge in [-0.1, -0.05) is 48.5 Å². The van der Waals surface area contributed by atoms with Crippen molar-refractivity contribution in [2.45, 2.75) is 27.4 Å². The minimum atomic E-state index is -0.605. The van der Waals surface area contributed by atoms with Crippen molar-refractivity contribution < 1.29 is 23.8 Å². The van der Waals surface area contributed by atoms with Gasteiger partial charge >= 0.3 is 5.97 Å². The molecule has 0 saturated heterocycles. The summed E-state index contributed by atoms with van der Waals surface area (Å²) in [6, 6.07) is 19.9. The lowest BCUT2D eigenvalue weighted by atomic mass is 9.97. The fourth-order valence-corrected chi connectivity index (χ4v) is 3.07. The van der Waals surface area contributed by atoms with E-state index in [1.54, 1.807) is 39.0 Å². The molecule has 0 fully saturated rings. The van der Waals surface area contributed by atoms with Gasteiger partial charge in [-0.25, -0.2) is 4.39 Å². The van der Waals surface area contributed by atoms with Crippen molar-refractivity contribution in [3.8, 4) is 28.0 Å². The Bertz CT molecular complexity index is 1040. The Morgan fingerprint density at radius 3 is 2.23 bits per heavy atom. The average Bonchev–Trinajstić information content (AvgIpc) is 2.76. The summed E-state index contributed by atoms with van der Waals surface area (Å²) < 4.78 is 25.1. The van der Waals surface area contributed by atoms with Crippen LogP contribution >= 0.6 is 0 Å². The third kappa shape index (κ3) is 5.70. The first-order chi connectivity index (χ1) is 14.8. The molecule has 162 valence electrons. The minimum Gasteiger partial charge on any atom is -0.491 e. The molecule has 3 rings (SSSR count). The van der Waals surface area contributed by atoms with Crippen molar-refractivity contribution in [3.05, 3.63) is 78.1 Å². The zero-order valence-electron chi connectivity index (χ0n) is 18.0. The number of ether oxygens (including phenoxy) is 2. The molecule has 0 aromatic heterocycles. The first-order valence-corrected chi connectivity index (χ1v) is 10.2. The van der Waals surface area contributed by atoms with Crippen molar-refractivity contribution in [3.63, 3.8) is 0 Å². The van der Waals surface area contributed by atoms with Gasteiger partial charge in [-0.2, -0.15) is 0 Å². The van der Waals surface area contributed by atoms with Crippen LogP contribution in [0, 0.1) is 11.2 Å². The fourth-order valence-electron chi connectivity index (χ4n) is 3.07. The lowest BCUT2D eigenvalue weighted by Crippen LogP contribution is -2.22. The van der Waals surface area contributed by atoms with E-state index in [1.807, 2.05) is 42.5 Å². The SMILES string of the molecule is CC(C)(C)C(=O)OCc1cc(-c2ccc(-c3ccccc3F)cc2)ccc1OCCO. The lowest BCUT2D eigenvalue weighted by Gasteiger charge is -2.18. The Hall–Kier alpha value is -3.18. The maximum absolute atomic E-state index is 14.1. The second kappa shape index (κ2) is 9.75. The number of carbonyl (C=O) groups is 1. The van der Waals surface area contributed by atoms with E-state index < -0.39 is 5.41 Å². The van der Waals surface area contributed by atoms with Crippen LogP contribution < -0.4 is 4.74 Å². The van der Waals surface area contributed by atoms with E-state index in [-0.39, 0.29) is 31.6 Å². The van der Waals surface area contributed by atoms with Gasteiger partial charge in [0.25, 0.3) is 0 Å². The molecule has 0 spiro atoms. The molecule has 0 amide bonds. The molecule has 0 aliphatic carbocycles. The van der Waals surface area contributed by atoms with Crippen LogP contribution in [-0.4, -0.2) is 24.3 Å². The largest absolute Gasteiger partial charge is 0.491 e. The van der Waals surface area contributed by atoms with E-state index in [0.717, 1.165) is 16.7 Å². The van der Waals surface area contributed by atoms with Gasteiger partial charge in [0.1, 0.15) is 24.8 Å². The van der Waals surface area contributed by atoms with Gasteiger partial charge in [0.05, 0.1) is 12.0 Å². The number of aliphatic hydroxyl groups excluding tert-OH is 1. The van der Waals surface area contributed by atoms with Crippen LogP contribution in [0.4, 0.5) is 4.39 Å². The highest BCUT2D eigenvalue weighted by Gasteiger charge is 2.23. The molecule has 0 saturated carbocycles. The number of esters is 1. The van der Waals surface area contributed by atoms with Crippen LogP contribution in [0.2, 0.25) is 0 Å². The lowest BCUT2D eigenvalue weighted by molar-refractivity contribution is -0.154. The first-order valence-electron chi connectivity index (χ1n) is 10.2. The summed E-state index contributed by atoms with van der Waals surface area (Å²) in [6.07, 6.45) is 0. The zero-order chi connectivity index (χ0) is 22.4. The molecule has 0 heterocycles. The predicted octanol–water partition coefficient (Wildman–Crippen LogP) is 5.62. The number of hydrogen-bond acceptors (Lipinski definition) is 4. The molecule has 0 bridgehead atoms. The summed E-state index contributed by atoms with van der Waals surface area (Å²) in [6.45, 7) is 5.50. The number of hydrogen-bond donors (Lipinski definition) is 1. The maximum Gasteiger partial charge on any atom is 0.311 e. The molecule has 3 aromatic rings.